The van der Waals surface area contributed by atoms with Crippen LogP contribution >= 0.6 is 0 Å². The summed E-state index contributed by atoms with van der Waals surface area (Å²) in [7, 11) is 0. The lowest BCUT2D eigenvalue weighted by Gasteiger charge is -2.17. The number of unbranched alkanes of at least 4 members (excludes halogenated alkanes) is 1. The van der Waals surface area contributed by atoms with Gasteiger partial charge in [0.15, 0.2) is 0 Å². The molecule has 1 aromatic rings. The van der Waals surface area contributed by atoms with Crippen molar-refractivity contribution in [3.63, 3.8) is 0 Å². The van der Waals surface area contributed by atoms with Crippen LogP contribution in [0.3, 0.4) is 0 Å². The Balaban J connectivity index is 2.66. The molecule has 6 nitrogen and oxygen atoms in total. The zero-order chi connectivity index (χ0) is 16.4. The highest BCUT2D eigenvalue weighted by molar-refractivity contribution is 5.96. The molecule has 1 amide bonds. The van der Waals surface area contributed by atoms with Crippen molar-refractivity contribution in [2.45, 2.75) is 38.6 Å². The van der Waals surface area contributed by atoms with Crippen molar-refractivity contribution in [3.05, 3.63) is 35.9 Å². The third-order valence-electron chi connectivity index (χ3n) is 3.01. The lowest BCUT2D eigenvalue weighted by Crippen LogP contribution is -2.42. The van der Waals surface area contributed by atoms with Gasteiger partial charge in [-0.05, 0) is 25.0 Å². The fourth-order valence-electron chi connectivity index (χ4n) is 1.77. The number of esters is 1. The minimum absolute atomic E-state index is 0.00113. The van der Waals surface area contributed by atoms with E-state index in [1.54, 1.807) is 30.3 Å². The van der Waals surface area contributed by atoms with E-state index >= 15 is 0 Å². The number of hydrogen-bond donors (Lipinski definition) is 2. The highest BCUT2D eigenvalue weighted by atomic mass is 16.5. The zero-order valence-electron chi connectivity index (χ0n) is 12.6. The van der Waals surface area contributed by atoms with E-state index in [1.807, 2.05) is 6.92 Å². The quantitative estimate of drug-likeness (QED) is 0.537. The molecule has 1 aromatic carbocycles. The fraction of sp³-hybridized carbons (Fsp3) is 0.438. The molecule has 0 aromatic heterocycles. The van der Waals surface area contributed by atoms with Gasteiger partial charge in [-0.15, -0.1) is 0 Å². The van der Waals surface area contributed by atoms with Crippen LogP contribution in [0.15, 0.2) is 30.3 Å². The van der Waals surface area contributed by atoms with Crippen molar-refractivity contribution in [1.82, 2.24) is 5.32 Å². The zero-order valence-corrected chi connectivity index (χ0v) is 12.6. The van der Waals surface area contributed by atoms with Crippen molar-refractivity contribution in [2.24, 2.45) is 0 Å². The van der Waals surface area contributed by atoms with Crippen LogP contribution in [-0.4, -0.2) is 35.6 Å². The van der Waals surface area contributed by atoms with Crippen molar-refractivity contribution in [2.75, 3.05) is 6.61 Å². The van der Waals surface area contributed by atoms with Gasteiger partial charge in [0.1, 0.15) is 6.04 Å². The predicted molar refractivity (Wildman–Crippen MR) is 80.4 cm³/mol. The van der Waals surface area contributed by atoms with E-state index in [9.17, 15) is 14.4 Å². The highest BCUT2D eigenvalue weighted by Gasteiger charge is 2.23. The molecule has 0 saturated heterocycles. The van der Waals surface area contributed by atoms with Crippen molar-refractivity contribution < 1.29 is 24.2 Å². The molecule has 0 heterocycles. The molecule has 120 valence electrons. The first-order valence-corrected chi connectivity index (χ1v) is 7.29. The Bertz CT molecular complexity index is 501. The molecule has 22 heavy (non-hydrogen) atoms. The summed E-state index contributed by atoms with van der Waals surface area (Å²) >= 11 is 0. The number of rotatable bonds is 9. The molecule has 1 atom stereocenters. The van der Waals surface area contributed by atoms with Crippen LogP contribution in [0.25, 0.3) is 0 Å². The van der Waals surface area contributed by atoms with E-state index in [2.05, 4.69) is 5.32 Å². The van der Waals surface area contributed by atoms with E-state index in [1.165, 1.54) is 0 Å². The van der Waals surface area contributed by atoms with Gasteiger partial charge in [-0.1, -0.05) is 31.5 Å². The third-order valence-corrected chi connectivity index (χ3v) is 3.01. The van der Waals surface area contributed by atoms with Gasteiger partial charge in [-0.25, -0.2) is 4.79 Å². The third kappa shape index (κ3) is 6.39. The molecule has 0 aliphatic rings. The van der Waals surface area contributed by atoms with Gasteiger partial charge in [0, 0.05) is 12.0 Å². The van der Waals surface area contributed by atoms with Gasteiger partial charge in [0.05, 0.1) is 6.61 Å². The lowest BCUT2D eigenvalue weighted by atomic mass is 10.1. The van der Waals surface area contributed by atoms with Gasteiger partial charge in [-0.2, -0.15) is 0 Å². The Morgan fingerprint density at radius 3 is 2.50 bits per heavy atom. The molecule has 0 bridgehead atoms. The standard InChI is InChI=1S/C16H21NO5/c1-2-3-11-22-16(21)13(9-10-14(18)19)17-15(20)12-7-5-4-6-8-12/h4-8,13H,2-3,9-11H2,1H3,(H,17,20)(H,18,19)/t13-/m0/s1. The van der Waals surface area contributed by atoms with Crippen LogP contribution in [0.2, 0.25) is 0 Å². The summed E-state index contributed by atoms with van der Waals surface area (Å²) in [5.41, 5.74) is 0.407. The maximum Gasteiger partial charge on any atom is 0.328 e. The number of nitrogens with one attached hydrogen (secondary N) is 1. The van der Waals surface area contributed by atoms with E-state index in [0.29, 0.717) is 5.56 Å². The number of carboxylic acids is 1. The van der Waals surface area contributed by atoms with E-state index in [-0.39, 0.29) is 19.4 Å². The summed E-state index contributed by atoms with van der Waals surface area (Å²) in [6.07, 6.45) is 1.38. The number of carboxylic acid groups (broad SMARTS) is 1. The molecule has 0 fully saturated rings. The summed E-state index contributed by atoms with van der Waals surface area (Å²) in [5.74, 6) is -2.05. The van der Waals surface area contributed by atoms with Crippen LogP contribution in [0.1, 0.15) is 43.0 Å². The second-order valence-corrected chi connectivity index (χ2v) is 4.85. The van der Waals surface area contributed by atoms with Crippen LogP contribution in [0, 0.1) is 0 Å². The summed E-state index contributed by atoms with van der Waals surface area (Å²) in [4.78, 5) is 34.7. The molecular formula is C16H21NO5. The van der Waals surface area contributed by atoms with Crippen molar-refractivity contribution in [1.29, 1.82) is 0 Å². The molecular weight excluding hydrogens is 286 g/mol. The Kier molecular flexibility index (Phi) is 7.67. The Hall–Kier alpha value is -2.37. The maximum atomic E-state index is 12.1. The number of benzene rings is 1. The van der Waals surface area contributed by atoms with Gasteiger partial charge >= 0.3 is 11.9 Å². The summed E-state index contributed by atoms with van der Waals surface area (Å²) < 4.78 is 5.07. The largest absolute Gasteiger partial charge is 0.481 e. The first kappa shape index (κ1) is 17.7. The number of ether oxygens (including phenoxy) is 1. The summed E-state index contributed by atoms with van der Waals surface area (Å²) in [5, 5.41) is 11.3. The van der Waals surface area contributed by atoms with Crippen LogP contribution < -0.4 is 5.32 Å². The highest BCUT2D eigenvalue weighted by Crippen LogP contribution is 2.05. The predicted octanol–water partition coefficient (Wildman–Crippen LogP) is 1.99. The van der Waals surface area contributed by atoms with Gasteiger partial charge < -0.3 is 15.2 Å². The lowest BCUT2D eigenvalue weighted by molar-refractivity contribution is -0.146. The second kappa shape index (κ2) is 9.55. The Labute approximate surface area is 129 Å². The topological polar surface area (TPSA) is 92.7 Å². The molecule has 2 N–H and O–H groups in total. The van der Waals surface area contributed by atoms with Gasteiger partial charge in [-0.3, -0.25) is 9.59 Å². The minimum Gasteiger partial charge on any atom is -0.481 e. The fourth-order valence-corrected chi connectivity index (χ4v) is 1.77. The molecule has 0 spiro atoms. The molecule has 0 aliphatic heterocycles. The van der Waals surface area contributed by atoms with Crippen LogP contribution in [0.5, 0.6) is 0 Å². The van der Waals surface area contributed by atoms with Crippen LogP contribution in [0.4, 0.5) is 0 Å². The Morgan fingerprint density at radius 1 is 1.23 bits per heavy atom. The number of carbonyl (C=O) groups is 3. The summed E-state index contributed by atoms with van der Waals surface area (Å²) in [6, 6.07) is 7.47. The SMILES string of the molecule is CCCCOC(=O)[C@H](CCC(=O)O)NC(=O)c1ccccc1. The number of hydrogen-bond acceptors (Lipinski definition) is 4. The molecule has 0 radical (unpaired) electrons. The second-order valence-electron chi connectivity index (χ2n) is 4.85. The Morgan fingerprint density at radius 2 is 1.91 bits per heavy atom. The normalized spacial score (nSPS) is 11.5. The number of carbonyl (C=O) groups excluding carboxylic acids is 2. The number of amides is 1. The summed E-state index contributed by atoms with van der Waals surface area (Å²) in [6.45, 7) is 2.23. The molecule has 1 rings (SSSR count). The smallest absolute Gasteiger partial charge is 0.328 e. The maximum absolute atomic E-state index is 12.1. The molecule has 0 aliphatic carbocycles. The van der Waals surface area contributed by atoms with E-state index in [4.69, 9.17) is 9.84 Å². The number of aliphatic carboxylic acids is 1. The first-order chi connectivity index (χ1) is 10.5. The van der Waals surface area contributed by atoms with Crippen molar-refractivity contribution in [3.8, 4) is 0 Å². The van der Waals surface area contributed by atoms with Crippen LogP contribution in [-0.2, 0) is 14.3 Å². The van der Waals surface area contributed by atoms with E-state index in [0.717, 1.165) is 12.8 Å². The minimum atomic E-state index is -1.03. The average Bonchev–Trinajstić information content (AvgIpc) is 2.52. The monoisotopic (exact) mass is 307 g/mol. The first-order valence-electron chi connectivity index (χ1n) is 7.29. The average molecular weight is 307 g/mol. The van der Waals surface area contributed by atoms with Gasteiger partial charge in [0.2, 0.25) is 0 Å². The molecule has 6 heteroatoms. The van der Waals surface area contributed by atoms with E-state index < -0.39 is 23.9 Å². The van der Waals surface area contributed by atoms with Crippen molar-refractivity contribution >= 4 is 17.8 Å². The van der Waals surface area contributed by atoms with Gasteiger partial charge in [0.25, 0.3) is 5.91 Å². The molecule has 0 saturated carbocycles. The molecule has 0 unspecified atom stereocenters.